The molecule has 208 valence electrons. The van der Waals surface area contributed by atoms with E-state index in [4.69, 9.17) is 9.47 Å². The summed E-state index contributed by atoms with van der Waals surface area (Å²) in [6, 6.07) is 20.6. The lowest BCUT2D eigenvalue weighted by molar-refractivity contribution is -0.120. The molecule has 4 heterocycles. The Bertz CT molecular complexity index is 1670. The number of H-pyrrole nitrogens is 1. The summed E-state index contributed by atoms with van der Waals surface area (Å²) in [5, 5.41) is 3.96. The fourth-order valence-electron chi connectivity index (χ4n) is 6.42. The number of ether oxygens (including phenoxy) is 2. The summed E-state index contributed by atoms with van der Waals surface area (Å²) < 4.78 is 11.1. The number of aromatic amines is 1. The first-order valence-electron chi connectivity index (χ1n) is 13.9. The van der Waals surface area contributed by atoms with Gasteiger partial charge in [-0.1, -0.05) is 42.5 Å². The van der Waals surface area contributed by atoms with Crippen LogP contribution >= 0.6 is 0 Å². The molecule has 0 bridgehead atoms. The van der Waals surface area contributed by atoms with Gasteiger partial charge in [0, 0.05) is 36.2 Å². The number of hydrogen-bond acceptors (Lipinski definition) is 5. The van der Waals surface area contributed by atoms with Gasteiger partial charge in [-0.15, -0.1) is 0 Å². The van der Waals surface area contributed by atoms with Crippen molar-refractivity contribution in [3.63, 3.8) is 0 Å². The third kappa shape index (κ3) is 4.15. The summed E-state index contributed by atoms with van der Waals surface area (Å²) in [6.45, 7) is 1.07. The van der Waals surface area contributed by atoms with Gasteiger partial charge in [0.05, 0.1) is 24.5 Å². The number of nitrogens with one attached hydrogen (secondary N) is 2. The van der Waals surface area contributed by atoms with Gasteiger partial charge in [0.15, 0.2) is 0 Å². The van der Waals surface area contributed by atoms with Crippen LogP contribution in [0.4, 0.5) is 10.5 Å². The van der Waals surface area contributed by atoms with Crippen LogP contribution < -0.4 is 15.0 Å². The molecule has 41 heavy (non-hydrogen) atoms. The largest absolute Gasteiger partial charge is 0.497 e. The molecule has 2 N–H and O–H groups in total. The second-order valence-corrected chi connectivity index (χ2v) is 10.7. The molecule has 2 saturated heterocycles. The Hall–Kier alpha value is -4.63. The summed E-state index contributed by atoms with van der Waals surface area (Å²) in [7, 11) is 1.60. The van der Waals surface area contributed by atoms with Crippen molar-refractivity contribution in [2.45, 2.75) is 37.5 Å². The molecular weight excluding hydrogens is 520 g/mol. The number of aromatic nitrogens is 1. The fourth-order valence-corrected chi connectivity index (χ4v) is 6.42. The predicted molar refractivity (Wildman–Crippen MR) is 153 cm³/mol. The highest BCUT2D eigenvalue weighted by molar-refractivity contribution is 6.24. The zero-order valence-electron chi connectivity index (χ0n) is 22.6. The van der Waals surface area contributed by atoms with Gasteiger partial charge in [-0.25, -0.2) is 9.69 Å². The average molecular weight is 551 g/mol. The zero-order chi connectivity index (χ0) is 28.1. The quantitative estimate of drug-likeness (QED) is 0.343. The molecule has 3 atom stereocenters. The average Bonchev–Trinajstić information content (AvgIpc) is 3.72. The Morgan fingerprint density at radius 3 is 2.73 bits per heavy atom. The highest BCUT2D eigenvalue weighted by Crippen LogP contribution is 2.45. The number of nitrogens with zero attached hydrogens (tertiary/aromatic N) is 2. The molecule has 0 aliphatic carbocycles. The third-order valence-electron chi connectivity index (χ3n) is 8.36. The maximum Gasteiger partial charge on any atom is 0.332 e. The van der Waals surface area contributed by atoms with Gasteiger partial charge in [-0.2, -0.15) is 0 Å². The van der Waals surface area contributed by atoms with Crippen LogP contribution in [-0.2, 0) is 16.0 Å². The van der Waals surface area contributed by atoms with Crippen LogP contribution in [0.15, 0.2) is 72.8 Å². The lowest BCUT2D eigenvalue weighted by Crippen LogP contribution is -2.44. The minimum atomic E-state index is -0.728. The van der Waals surface area contributed by atoms with E-state index in [1.807, 2.05) is 48.5 Å². The number of para-hydroxylation sites is 2. The Morgan fingerprint density at radius 2 is 1.90 bits per heavy atom. The molecule has 7 rings (SSSR count). The van der Waals surface area contributed by atoms with Gasteiger partial charge in [0.25, 0.3) is 11.8 Å². The maximum absolute atomic E-state index is 14.3. The number of rotatable bonds is 6. The predicted octanol–water partition coefficient (Wildman–Crippen LogP) is 4.57. The van der Waals surface area contributed by atoms with Crippen molar-refractivity contribution in [3.8, 4) is 5.75 Å². The summed E-state index contributed by atoms with van der Waals surface area (Å²) in [5.74, 6) is -0.0364. The Labute approximate surface area is 237 Å². The minimum absolute atomic E-state index is 0.0254. The minimum Gasteiger partial charge on any atom is -0.497 e. The first kappa shape index (κ1) is 25.3. The normalized spacial score (nSPS) is 21.7. The zero-order valence-corrected chi connectivity index (χ0v) is 22.6. The maximum atomic E-state index is 14.3. The highest BCUT2D eigenvalue weighted by atomic mass is 16.5. The molecular formula is C32H30N4O5. The summed E-state index contributed by atoms with van der Waals surface area (Å²) in [5.41, 5.74) is 4.22. The van der Waals surface area contributed by atoms with Gasteiger partial charge in [0.2, 0.25) is 0 Å². The lowest BCUT2D eigenvalue weighted by Gasteiger charge is -2.36. The second kappa shape index (κ2) is 10.1. The standard InChI is InChI=1S/C32H30N4O5/c1-40-20-9-6-8-19(16-20)29-28-24(22-11-2-4-13-25(22)34-28)17-27-31(38)36(32(39)35(27)29)26-14-5-3-12-23(26)30(37)33-18-21-10-7-15-41-21/h2-6,8-9,11-14,16,21,27,29,34H,7,10,15,17-18H2,1H3,(H,33,37)/t21-,27+,29+/m1/s1. The summed E-state index contributed by atoms with van der Waals surface area (Å²) in [6.07, 6.45) is 2.20. The number of carbonyl (C=O) groups is 3. The molecule has 0 spiro atoms. The van der Waals surface area contributed by atoms with Crippen molar-refractivity contribution >= 4 is 34.4 Å². The number of methoxy groups -OCH3 is 1. The number of imide groups is 1. The lowest BCUT2D eigenvalue weighted by atomic mass is 9.89. The number of amides is 4. The molecule has 3 aliphatic rings. The second-order valence-electron chi connectivity index (χ2n) is 10.7. The van der Waals surface area contributed by atoms with E-state index in [1.54, 1.807) is 36.3 Å². The number of urea groups is 1. The molecule has 1 aromatic heterocycles. The van der Waals surface area contributed by atoms with Crippen molar-refractivity contribution in [2.24, 2.45) is 0 Å². The van der Waals surface area contributed by atoms with Crippen LogP contribution in [0.1, 0.15) is 46.1 Å². The monoisotopic (exact) mass is 550 g/mol. The molecule has 9 heteroatoms. The molecule has 3 aromatic carbocycles. The molecule has 0 unspecified atom stereocenters. The molecule has 4 aromatic rings. The number of benzene rings is 3. The van der Waals surface area contributed by atoms with Gasteiger partial charge in [-0.05, 0) is 54.3 Å². The van der Waals surface area contributed by atoms with Crippen LogP contribution in [-0.4, -0.2) is 60.1 Å². The van der Waals surface area contributed by atoms with Crippen molar-refractivity contribution in [1.29, 1.82) is 0 Å². The van der Waals surface area contributed by atoms with Crippen LogP contribution in [0.2, 0.25) is 0 Å². The Balaban J connectivity index is 1.29. The first-order chi connectivity index (χ1) is 20.0. The number of carbonyl (C=O) groups excluding carboxylic acids is 3. The number of anilines is 1. The molecule has 0 saturated carbocycles. The molecule has 2 fully saturated rings. The van der Waals surface area contributed by atoms with Crippen LogP contribution in [0.3, 0.4) is 0 Å². The van der Waals surface area contributed by atoms with Crippen LogP contribution in [0.5, 0.6) is 5.75 Å². The van der Waals surface area contributed by atoms with E-state index in [1.165, 1.54) is 4.90 Å². The van der Waals surface area contributed by atoms with E-state index >= 15 is 0 Å². The SMILES string of the molecule is COc1cccc([C@H]2c3[nH]c4ccccc4c3C[C@H]3C(=O)N(c4ccccc4C(=O)NC[C@H]4CCCO4)C(=O)N23)c1. The fraction of sp³-hybridized carbons (Fsp3) is 0.281. The first-order valence-corrected chi connectivity index (χ1v) is 13.9. The van der Waals surface area contributed by atoms with E-state index in [-0.39, 0.29) is 29.2 Å². The number of fused-ring (bicyclic) bond motifs is 4. The van der Waals surface area contributed by atoms with Gasteiger partial charge >= 0.3 is 6.03 Å². The molecule has 0 radical (unpaired) electrons. The molecule has 9 nitrogen and oxygen atoms in total. The van der Waals surface area contributed by atoms with E-state index in [0.29, 0.717) is 25.3 Å². The van der Waals surface area contributed by atoms with Crippen molar-refractivity contribution in [3.05, 3.63) is 95.2 Å². The van der Waals surface area contributed by atoms with E-state index in [9.17, 15) is 14.4 Å². The smallest absolute Gasteiger partial charge is 0.332 e. The Kier molecular flexibility index (Phi) is 6.23. The van der Waals surface area contributed by atoms with Crippen LogP contribution in [0, 0.1) is 0 Å². The van der Waals surface area contributed by atoms with Crippen LogP contribution in [0.25, 0.3) is 10.9 Å². The molecule has 4 amide bonds. The van der Waals surface area contributed by atoms with Gasteiger partial charge in [0.1, 0.15) is 17.8 Å². The van der Waals surface area contributed by atoms with E-state index < -0.39 is 18.1 Å². The van der Waals surface area contributed by atoms with E-state index in [0.717, 1.165) is 40.6 Å². The molecule has 3 aliphatic heterocycles. The van der Waals surface area contributed by atoms with E-state index in [2.05, 4.69) is 10.3 Å². The number of hydrogen-bond donors (Lipinski definition) is 2. The summed E-state index contributed by atoms with van der Waals surface area (Å²) >= 11 is 0. The topological polar surface area (TPSA) is 104 Å². The Morgan fingerprint density at radius 1 is 1.07 bits per heavy atom. The van der Waals surface area contributed by atoms with Gasteiger partial charge in [-0.3, -0.25) is 14.5 Å². The third-order valence-corrected chi connectivity index (χ3v) is 8.36. The van der Waals surface area contributed by atoms with Crippen molar-refractivity contribution in [2.75, 3.05) is 25.2 Å². The van der Waals surface area contributed by atoms with Crippen molar-refractivity contribution in [1.82, 2.24) is 15.2 Å². The highest BCUT2D eigenvalue weighted by Gasteiger charge is 2.53. The van der Waals surface area contributed by atoms with Gasteiger partial charge < -0.3 is 19.8 Å². The van der Waals surface area contributed by atoms with Crippen molar-refractivity contribution < 1.29 is 23.9 Å². The summed E-state index contributed by atoms with van der Waals surface area (Å²) in [4.78, 5) is 48.1.